The van der Waals surface area contributed by atoms with Gasteiger partial charge in [0.15, 0.2) is 0 Å². The minimum atomic E-state index is -0.455. The molecule has 1 atom stereocenters. The van der Waals surface area contributed by atoms with Crippen LogP contribution in [0.25, 0.3) is 0 Å². The standard InChI is InChI=1S/C24H26FNO3/c1-15(2)29-24(28)23-17(4)26(14-18-7-5-6-16(3)12-18)22(27)13-21(23)19-8-10-20(25)11-9-19/h5-12,15,21H,13-14H2,1-4H3/t21-/m1/s1. The Morgan fingerprint density at radius 1 is 1.17 bits per heavy atom. The molecule has 29 heavy (non-hydrogen) atoms. The van der Waals surface area contributed by atoms with Crippen molar-refractivity contribution in [2.45, 2.75) is 52.7 Å². The zero-order chi connectivity index (χ0) is 21.1. The SMILES string of the molecule is CC1=C(C(=O)OC(C)C)[C@@H](c2ccc(F)cc2)CC(=O)N1Cc1cccc(C)c1. The van der Waals surface area contributed by atoms with E-state index >= 15 is 0 Å². The molecule has 1 aliphatic rings. The molecule has 0 fully saturated rings. The first kappa shape index (κ1) is 20.8. The molecular formula is C24H26FNO3. The van der Waals surface area contributed by atoms with Gasteiger partial charge in [0.25, 0.3) is 0 Å². The summed E-state index contributed by atoms with van der Waals surface area (Å²) in [6.45, 7) is 7.75. The molecule has 0 aliphatic carbocycles. The highest BCUT2D eigenvalue weighted by Crippen LogP contribution is 2.38. The largest absolute Gasteiger partial charge is 0.460 e. The second kappa shape index (κ2) is 8.60. The van der Waals surface area contributed by atoms with E-state index in [1.807, 2.05) is 31.2 Å². The molecular weight excluding hydrogens is 369 g/mol. The highest BCUT2D eigenvalue weighted by molar-refractivity contribution is 5.96. The van der Waals surface area contributed by atoms with Gasteiger partial charge in [-0.25, -0.2) is 9.18 Å². The molecule has 0 unspecified atom stereocenters. The number of hydrogen-bond donors (Lipinski definition) is 0. The average molecular weight is 395 g/mol. The van der Waals surface area contributed by atoms with Gasteiger partial charge in [0, 0.05) is 18.0 Å². The number of benzene rings is 2. The molecule has 0 bridgehead atoms. The maximum Gasteiger partial charge on any atom is 0.336 e. The van der Waals surface area contributed by atoms with Gasteiger partial charge in [0.1, 0.15) is 5.82 Å². The smallest absolute Gasteiger partial charge is 0.336 e. The van der Waals surface area contributed by atoms with E-state index in [1.165, 1.54) is 12.1 Å². The summed E-state index contributed by atoms with van der Waals surface area (Å²) in [6, 6.07) is 13.9. The minimum Gasteiger partial charge on any atom is -0.460 e. The fourth-order valence-corrected chi connectivity index (χ4v) is 3.72. The molecule has 1 amide bonds. The van der Waals surface area contributed by atoms with E-state index in [2.05, 4.69) is 0 Å². The van der Waals surface area contributed by atoms with E-state index in [4.69, 9.17) is 4.74 Å². The zero-order valence-electron chi connectivity index (χ0n) is 17.2. The van der Waals surface area contributed by atoms with Crippen molar-refractivity contribution >= 4 is 11.9 Å². The minimum absolute atomic E-state index is 0.0700. The summed E-state index contributed by atoms with van der Waals surface area (Å²) < 4.78 is 18.9. The lowest BCUT2D eigenvalue weighted by molar-refractivity contribution is -0.143. The van der Waals surface area contributed by atoms with Gasteiger partial charge in [-0.3, -0.25) is 4.79 Å². The van der Waals surface area contributed by atoms with Gasteiger partial charge in [0.05, 0.1) is 18.2 Å². The van der Waals surface area contributed by atoms with Crippen LogP contribution < -0.4 is 0 Å². The van der Waals surface area contributed by atoms with Crippen LogP contribution in [0.1, 0.15) is 49.8 Å². The molecule has 2 aromatic carbocycles. The normalized spacial score (nSPS) is 17.1. The van der Waals surface area contributed by atoms with E-state index < -0.39 is 11.9 Å². The van der Waals surface area contributed by atoms with Crippen molar-refractivity contribution in [3.63, 3.8) is 0 Å². The van der Waals surface area contributed by atoms with Crippen LogP contribution in [0.15, 0.2) is 59.8 Å². The molecule has 4 nitrogen and oxygen atoms in total. The van der Waals surface area contributed by atoms with Gasteiger partial charge < -0.3 is 9.64 Å². The number of hydrogen-bond acceptors (Lipinski definition) is 3. The number of carbonyl (C=O) groups excluding carboxylic acids is 2. The lowest BCUT2D eigenvalue weighted by Crippen LogP contribution is -2.38. The van der Waals surface area contributed by atoms with Crippen molar-refractivity contribution in [3.05, 3.63) is 82.3 Å². The summed E-state index contributed by atoms with van der Waals surface area (Å²) >= 11 is 0. The predicted octanol–water partition coefficient (Wildman–Crippen LogP) is 4.88. The summed E-state index contributed by atoms with van der Waals surface area (Å²) in [5.74, 6) is -1.32. The van der Waals surface area contributed by atoms with Gasteiger partial charge in [0.2, 0.25) is 5.91 Å². The molecule has 5 heteroatoms. The molecule has 0 radical (unpaired) electrons. The molecule has 0 saturated heterocycles. The van der Waals surface area contributed by atoms with E-state index in [1.54, 1.807) is 37.8 Å². The zero-order valence-corrected chi connectivity index (χ0v) is 17.2. The van der Waals surface area contributed by atoms with Crippen LogP contribution in [0.4, 0.5) is 4.39 Å². The van der Waals surface area contributed by atoms with Crippen molar-refractivity contribution in [2.75, 3.05) is 0 Å². The van der Waals surface area contributed by atoms with Crippen LogP contribution >= 0.6 is 0 Å². The maximum absolute atomic E-state index is 13.4. The number of rotatable bonds is 5. The summed E-state index contributed by atoms with van der Waals surface area (Å²) in [6.07, 6.45) is -0.142. The first-order chi connectivity index (χ1) is 13.8. The number of ether oxygens (including phenoxy) is 1. The van der Waals surface area contributed by atoms with Crippen molar-refractivity contribution in [1.29, 1.82) is 0 Å². The molecule has 0 saturated carbocycles. The summed E-state index contributed by atoms with van der Waals surface area (Å²) in [7, 11) is 0. The molecule has 152 valence electrons. The molecule has 2 aromatic rings. The van der Waals surface area contributed by atoms with Crippen molar-refractivity contribution in [2.24, 2.45) is 0 Å². The van der Waals surface area contributed by atoms with Crippen LogP contribution in [0.2, 0.25) is 0 Å². The van der Waals surface area contributed by atoms with Gasteiger partial charge in [-0.2, -0.15) is 0 Å². The third-order valence-corrected chi connectivity index (χ3v) is 5.08. The number of aryl methyl sites for hydroxylation is 1. The number of esters is 1. The number of amides is 1. The first-order valence-corrected chi connectivity index (χ1v) is 9.79. The van der Waals surface area contributed by atoms with Crippen molar-refractivity contribution in [1.82, 2.24) is 4.90 Å². The van der Waals surface area contributed by atoms with Crippen molar-refractivity contribution < 1.29 is 18.7 Å². The van der Waals surface area contributed by atoms with E-state index in [-0.39, 0.29) is 24.2 Å². The van der Waals surface area contributed by atoms with Gasteiger partial charge in [-0.1, -0.05) is 42.0 Å². The van der Waals surface area contributed by atoms with E-state index in [9.17, 15) is 14.0 Å². The monoisotopic (exact) mass is 395 g/mol. The molecule has 1 aliphatic heterocycles. The van der Waals surface area contributed by atoms with Crippen LogP contribution in [-0.2, 0) is 20.9 Å². The van der Waals surface area contributed by atoms with Gasteiger partial charge in [-0.15, -0.1) is 0 Å². The predicted molar refractivity (Wildman–Crippen MR) is 109 cm³/mol. The fraction of sp³-hybridized carbons (Fsp3) is 0.333. The topological polar surface area (TPSA) is 46.6 Å². The molecule has 3 rings (SSSR count). The Kier molecular flexibility index (Phi) is 6.16. The molecule has 0 aromatic heterocycles. The second-order valence-electron chi connectivity index (χ2n) is 7.73. The Labute approximate surface area is 171 Å². The Morgan fingerprint density at radius 3 is 2.48 bits per heavy atom. The number of carbonyl (C=O) groups is 2. The Hall–Kier alpha value is -2.95. The summed E-state index contributed by atoms with van der Waals surface area (Å²) in [4.78, 5) is 27.6. The number of halogens is 1. The summed E-state index contributed by atoms with van der Waals surface area (Å²) in [5, 5.41) is 0. The third-order valence-electron chi connectivity index (χ3n) is 5.08. The molecule has 0 spiro atoms. The highest BCUT2D eigenvalue weighted by Gasteiger charge is 2.37. The number of allylic oxidation sites excluding steroid dienone is 1. The van der Waals surface area contributed by atoms with Crippen LogP contribution in [0.3, 0.4) is 0 Å². The van der Waals surface area contributed by atoms with Crippen LogP contribution in [0, 0.1) is 12.7 Å². The maximum atomic E-state index is 13.4. The lowest BCUT2D eigenvalue weighted by Gasteiger charge is -2.35. The lowest BCUT2D eigenvalue weighted by atomic mass is 9.83. The number of nitrogens with zero attached hydrogens (tertiary/aromatic N) is 1. The van der Waals surface area contributed by atoms with E-state index in [0.29, 0.717) is 17.8 Å². The molecule has 1 heterocycles. The van der Waals surface area contributed by atoms with Gasteiger partial charge in [-0.05, 0) is 51.0 Å². The van der Waals surface area contributed by atoms with Crippen LogP contribution in [-0.4, -0.2) is 22.9 Å². The highest BCUT2D eigenvalue weighted by atomic mass is 19.1. The quantitative estimate of drug-likeness (QED) is 0.678. The van der Waals surface area contributed by atoms with E-state index in [0.717, 1.165) is 16.7 Å². The fourth-order valence-electron chi connectivity index (χ4n) is 3.72. The van der Waals surface area contributed by atoms with Crippen molar-refractivity contribution in [3.8, 4) is 0 Å². The second-order valence-corrected chi connectivity index (χ2v) is 7.73. The first-order valence-electron chi connectivity index (χ1n) is 9.79. The summed E-state index contributed by atoms with van der Waals surface area (Å²) in [5.41, 5.74) is 3.87. The Bertz CT molecular complexity index is 947. The Balaban J connectivity index is 2.03. The molecule has 0 N–H and O–H groups in total. The van der Waals surface area contributed by atoms with Crippen LogP contribution in [0.5, 0.6) is 0 Å². The average Bonchev–Trinajstić information content (AvgIpc) is 2.64. The third kappa shape index (κ3) is 4.73. The Morgan fingerprint density at radius 2 is 1.86 bits per heavy atom. The van der Waals surface area contributed by atoms with Gasteiger partial charge >= 0.3 is 5.97 Å².